The Hall–Kier alpha value is 0.120. The summed E-state index contributed by atoms with van der Waals surface area (Å²) in [4.78, 5) is 0. The molecular weight excluding hydrogens is 226 g/mol. The Kier molecular flexibility index (Phi) is 5.32. The molecule has 0 heterocycles. The minimum atomic E-state index is -3.32. The average Bonchev–Trinajstić information content (AvgIpc) is 1.97. The van der Waals surface area contributed by atoms with Crippen LogP contribution in [0.5, 0.6) is 0 Å². The van der Waals surface area contributed by atoms with Crippen LogP contribution in [0.15, 0.2) is 0 Å². The third-order valence-corrected chi connectivity index (χ3v) is 3.49. The lowest BCUT2D eigenvalue weighted by Gasteiger charge is -2.37. The molecule has 1 aliphatic rings. The maximum absolute atomic E-state index is 11.1. The van der Waals surface area contributed by atoms with Gasteiger partial charge in [0.25, 0.3) is 10.2 Å². The van der Waals surface area contributed by atoms with E-state index >= 15 is 0 Å². The molecule has 0 atom stereocenters. The summed E-state index contributed by atoms with van der Waals surface area (Å²) in [6.45, 7) is 2.47. The second-order valence-corrected chi connectivity index (χ2v) is 5.12. The van der Waals surface area contributed by atoms with Gasteiger partial charge in [0.05, 0.1) is 0 Å². The summed E-state index contributed by atoms with van der Waals surface area (Å²) in [6.07, 6.45) is 2.91. The fourth-order valence-corrected chi connectivity index (χ4v) is 2.25. The van der Waals surface area contributed by atoms with E-state index in [0.29, 0.717) is 13.1 Å². The molecule has 14 heavy (non-hydrogen) atoms. The molecule has 0 radical (unpaired) electrons. The van der Waals surface area contributed by atoms with Gasteiger partial charge in [0.2, 0.25) is 0 Å². The van der Waals surface area contributed by atoms with E-state index in [2.05, 4.69) is 9.44 Å². The standard InChI is InChI=1S/C7H17N3O2S.ClH/c1-2-9-13(11,12)10-6-7(8)4-3-5-7;/h9-10H,2-6,8H2,1H3;1H. The van der Waals surface area contributed by atoms with E-state index in [0.717, 1.165) is 19.3 Å². The minimum Gasteiger partial charge on any atom is -0.324 e. The maximum atomic E-state index is 11.1. The number of hydrogen-bond acceptors (Lipinski definition) is 3. The van der Waals surface area contributed by atoms with Gasteiger partial charge >= 0.3 is 0 Å². The molecule has 5 nitrogen and oxygen atoms in total. The van der Waals surface area contributed by atoms with E-state index in [1.807, 2.05) is 0 Å². The highest BCUT2D eigenvalue weighted by Gasteiger charge is 2.33. The zero-order chi connectivity index (χ0) is 9.95. The summed E-state index contributed by atoms with van der Waals surface area (Å²) < 4.78 is 27.1. The van der Waals surface area contributed by atoms with Crippen molar-refractivity contribution in [2.75, 3.05) is 13.1 Å². The van der Waals surface area contributed by atoms with E-state index in [-0.39, 0.29) is 17.9 Å². The Balaban J connectivity index is 0.00000169. The van der Waals surface area contributed by atoms with Crippen LogP contribution in [0.1, 0.15) is 26.2 Å². The molecule has 1 saturated carbocycles. The van der Waals surface area contributed by atoms with Crippen molar-refractivity contribution in [3.05, 3.63) is 0 Å². The molecule has 1 fully saturated rings. The third-order valence-electron chi connectivity index (χ3n) is 2.30. The highest BCUT2D eigenvalue weighted by molar-refractivity contribution is 7.87. The molecule has 0 aromatic carbocycles. The second-order valence-electron chi connectivity index (χ2n) is 3.54. The second kappa shape index (κ2) is 5.27. The maximum Gasteiger partial charge on any atom is 0.276 e. The molecule has 7 heteroatoms. The first-order valence-corrected chi connectivity index (χ1v) is 5.99. The van der Waals surface area contributed by atoms with Gasteiger partial charge in [-0.2, -0.15) is 8.42 Å². The van der Waals surface area contributed by atoms with E-state index in [1.54, 1.807) is 6.92 Å². The van der Waals surface area contributed by atoms with Crippen LogP contribution in [-0.4, -0.2) is 27.0 Å². The van der Waals surface area contributed by atoms with Crippen molar-refractivity contribution in [1.82, 2.24) is 9.44 Å². The molecule has 0 bridgehead atoms. The lowest BCUT2D eigenvalue weighted by Crippen LogP contribution is -2.56. The van der Waals surface area contributed by atoms with Crippen LogP contribution >= 0.6 is 12.4 Å². The smallest absolute Gasteiger partial charge is 0.276 e. The Morgan fingerprint density at radius 1 is 1.36 bits per heavy atom. The lowest BCUT2D eigenvalue weighted by atomic mass is 9.78. The highest BCUT2D eigenvalue weighted by Crippen LogP contribution is 2.28. The molecule has 0 aromatic rings. The number of rotatable bonds is 5. The van der Waals surface area contributed by atoms with Crippen molar-refractivity contribution in [3.8, 4) is 0 Å². The van der Waals surface area contributed by atoms with Crippen LogP contribution in [0.25, 0.3) is 0 Å². The molecule has 0 aromatic heterocycles. The molecule has 1 rings (SSSR count). The van der Waals surface area contributed by atoms with Crippen molar-refractivity contribution in [2.24, 2.45) is 5.73 Å². The van der Waals surface area contributed by atoms with Gasteiger partial charge in [0.15, 0.2) is 0 Å². The summed E-state index contributed by atoms with van der Waals surface area (Å²) in [5.41, 5.74) is 5.55. The Bertz CT molecular complexity index is 264. The zero-order valence-electron chi connectivity index (χ0n) is 8.25. The van der Waals surface area contributed by atoms with Crippen LogP contribution in [0, 0.1) is 0 Å². The summed E-state index contributed by atoms with van der Waals surface area (Å²) in [5, 5.41) is 0. The number of hydrogen-bond donors (Lipinski definition) is 3. The number of nitrogens with one attached hydrogen (secondary N) is 2. The van der Waals surface area contributed by atoms with Gasteiger partial charge in [0, 0.05) is 18.6 Å². The molecule has 1 aliphatic carbocycles. The van der Waals surface area contributed by atoms with Crippen molar-refractivity contribution < 1.29 is 8.42 Å². The summed E-state index contributed by atoms with van der Waals surface area (Å²) in [7, 11) is -3.32. The van der Waals surface area contributed by atoms with Crippen molar-refractivity contribution in [1.29, 1.82) is 0 Å². The largest absolute Gasteiger partial charge is 0.324 e. The minimum absolute atomic E-state index is 0. The van der Waals surface area contributed by atoms with Crippen LogP contribution in [0.4, 0.5) is 0 Å². The van der Waals surface area contributed by atoms with Crippen LogP contribution in [0.3, 0.4) is 0 Å². The summed E-state index contributed by atoms with van der Waals surface area (Å²) in [6, 6.07) is 0. The first-order chi connectivity index (χ1) is 5.97. The highest BCUT2D eigenvalue weighted by atomic mass is 35.5. The van der Waals surface area contributed by atoms with Gasteiger partial charge in [-0.3, -0.25) is 0 Å². The molecule has 86 valence electrons. The Morgan fingerprint density at radius 3 is 2.29 bits per heavy atom. The van der Waals surface area contributed by atoms with Gasteiger partial charge in [0.1, 0.15) is 0 Å². The van der Waals surface area contributed by atoms with Crippen LogP contribution in [0.2, 0.25) is 0 Å². The van der Waals surface area contributed by atoms with E-state index in [9.17, 15) is 8.42 Å². The topological polar surface area (TPSA) is 84.2 Å². The molecule has 0 amide bonds. The van der Waals surface area contributed by atoms with E-state index in [4.69, 9.17) is 5.73 Å². The first kappa shape index (κ1) is 14.1. The van der Waals surface area contributed by atoms with E-state index < -0.39 is 10.2 Å². The van der Waals surface area contributed by atoms with E-state index in [1.165, 1.54) is 0 Å². The molecule has 0 unspecified atom stereocenters. The first-order valence-electron chi connectivity index (χ1n) is 4.51. The Morgan fingerprint density at radius 2 is 1.93 bits per heavy atom. The molecule has 4 N–H and O–H groups in total. The van der Waals surface area contributed by atoms with Crippen molar-refractivity contribution in [3.63, 3.8) is 0 Å². The zero-order valence-corrected chi connectivity index (χ0v) is 9.88. The normalized spacial score (nSPS) is 19.6. The number of nitrogens with two attached hydrogens (primary N) is 1. The summed E-state index contributed by atoms with van der Waals surface area (Å²) in [5.74, 6) is 0. The van der Waals surface area contributed by atoms with Gasteiger partial charge in [-0.1, -0.05) is 6.92 Å². The van der Waals surface area contributed by atoms with Crippen LogP contribution in [-0.2, 0) is 10.2 Å². The summed E-state index contributed by atoms with van der Waals surface area (Å²) >= 11 is 0. The SMILES string of the molecule is CCNS(=O)(=O)NCC1(N)CCC1.Cl. The molecule has 0 aliphatic heterocycles. The monoisotopic (exact) mass is 243 g/mol. The molecule has 0 saturated heterocycles. The van der Waals surface area contributed by atoms with Gasteiger partial charge < -0.3 is 5.73 Å². The predicted molar refractivity (Wildman–Crippen MR) is 58.6 cm³/mol. The lowest BCUT2D eigenvalue weighted by molar-refractivity contribution is 0.250. The quantitative estimate of drug-likeness (QED) is 0.622. The van der Waals surface area contributed by atoms with Crippen LogP contribution < -0.4 is 15.2 Å². The Labute approximate surface area is 91.4 Å². The predicted octanol–water partition coefficient (Wildman–Crippen LogP) is -0.266. The van der Waals surface area contributed by atoms with Crippen molar-refractivity contribution >= 4 is 22.6 Å². The van der Waals surface area contributed by atoms with Gasteiger partial charge in [-0.05, 0) is 19.3 Å². The van der Waals surface area contributed by atoms with Gasteiger partial charge in [-0.25, -0.2) is 9.44 Å². The third kappa shape index (κ3) is 4.10. The molecular formula is C7H18ClN3O2S. The molecule has 0 spiro atoms. The van der Waals surface area contributed by atoms with Gasteiger partial charge in [-0.15, -0.1) is 12.4 Å². The average molecular weight is 244 g/mol. The fraction of sp³-hybridized carbons (Fsp3) is 1.00. The number of halogens is 1. The van der Waals surface area contributed by atoms with Crippen molar-refractivity contribution in [2.45, 2.75) is 31.7 Å². The fourth-order valence-electron chi connectivity index (χ4n) is 1.29.